The molecule has 122 valence electrons. The quantitative estimate of drug-likeness (QED) is 0.818. The molecule has 0 bridgehead atoms. The van der Waals surface area contributed by atoms with Gasteiger partial charge in [0.2, 0.25) is 5.91 Å². The van der Waals surface area contributed by atoms with E-state index in [0.29, 0.717) is 0 Å². The van der Waals surface area contributed by atoms with Crippen LogP contribution < -0.4 is 5.32 Å². The van der Waals surface area contributed by atoms with Crippen LogP contribution in [-0.4, -0.2) is 47.7 Å². The highest BCUT2D eigenvalue weighted by Crippen LogP contribution is 2.32. The molecule has 2 rings (SSSR count). The fourth-order valence-electron chi connectivity index (χ4n) is 3.97. The average Bonchev–Trinajstić information content (AvgIpc) is 2.53. The third-order valence-electron chi connectivity index (χ3n) is 5.73. The zero-order valence-corrected chi connectivity index (χ0v) is 13.7. The normalized spacial score (nSPS) is 29.3. The van der Waals surface area contributed by atoms with Crippen molar-refractivity contribution < 1.29 is 9.90 Å². The van der Waals surface area contributed by atoms with Crippen molar-refractivity contribution in [2.24, 2.45) is 5.92 Å². The van der Waals surface area contributed by atoms with Gasteiger partial charge in [0.25, 0.3) is 0 Å². The van der Waals surface area contributed by atoms with Crippen LogP contribution in [0.4, 0.5) is 0 Å². The molecule has 0 unspecified atom stereocenters. The first-order valence-electron chi connectivity index (χ1n) is 8.74. The van der Waals surface area contributed by atoms with Gasteiger partial charge in [0, 0.05) is 18.0 Å². The number of likely N-dealkylation sites (N-methyl/N-ethyl adjacent to an activating group) is 1. The second kappa shape index (κ2) is 7.59. The van der Waals surface area contributed by atoms with Crippen molar-refractivity contribution >= 4 is 5.91 Å². The molecule has 0 spiro atoms. The molecule has 1 amide bonds. The molecule has 2 aliphatic rings. The van der Waals surface area contributed by atoms with Gasteiger partial charge in [0.05, 0.1) is 6.10 Å². The number of hydrogen-bond acceptors (Lipinski definition) is 3. The number of hydrogen-bond donors (Lipinski definition) is 2. The number of amides is 1. The van der Waals surface area contributed by atoms with Gasteiger partial charge in [0.1, 0.15) is 0 Å². The summed E-state index contributed by atoms with van der Waals surface area (Å²) >= 11 is 0. The van der Waals surface area contributed by atoms with Crippen molar-refractivity contribution in [1.29, 1.82) is 0 Å². The van der Waals surface area contributed by atoms with E-state index in [4.69, 9.17) is 0 Å². The van der Waals surface area contributed by atoms with Crippen molar-refractivity contribution in [3.05, 3.63) is 0 Å². The Morgan fingerprint density at radius 2 is 1.81 bits per heavy atom. The maximum absolute atomic E-state index is 12.4. The number of aliphatic hydroxyl groups is 1. The summed E-state index contributed by atoms with van der Waals surface area (Å²) in [6.45, 7) is 4.02. The zero-order valence-electron chi connectivity index (χ0n) is 13.7. The SMILES string of the molecule is CCN(C)C1(CNC(=O)C2CCC(O)CC2)CCCCC1. The van der Waals surface area contributed by atoms with Gasteiger partial charge in [-0.2, -0.15) is 0 Å². The molecule has 2 saturated carbocycles. The Labute approximate surface area is 129 Å². The van der Waals surface area contributed by atoms with Gasteiger partial charge in [0.15, 0.2) is 0 Å². The molecule has 2 fully saturated rings. The summed E-state index contributed by atoms with van der Waals surface area (Å²) < 4.78 is 0. The van der Waals surface area contributed by atoms with E-state index in [0.717, 1.165) is 38.8 Å². The topological polar surface area (TPSA) is 52.6 Å². The fraction of sp³-hybridized carbons (Fsp3) is 0.941. The molecule has 2 N–H and O–H groups in total. The lowest BCUT2D eigenvalue weighted by Crippen LogP contribution is -2.55. The van der Waals surface area contributed by atoms with Gasteiger partial charge in [-0.15, -0.1) is 0 Å². The molecule has 0 saturated heterocycles. The van der Waals surface area contributed by atoms with E-state index >= 15 is 0 Å². The Hall–Kier alpha value is -0.610. The summed E-state index contributed by atoms with van der Waals surface area (Å²) in [7, 11) is 2.19. The summed E-state index contributed by atoms with van der Waals surface area (Å²) in [6.07, 6.45) is 9.30. The number of nitrogens with one attached hydrogen (secondary N) is 1. The summed E-state index contributed by atoms with van der Waals surface area (Å²) in [5, 5.41) is 12.8. The lowest BCUT2D eigenvalue weighted by atomic mass is 9.80. The fourth-order valence-corrected chi connectivity index (χ4v) is 3.97. The Balaban J connectivity index is 1.87. The lowest BCUT2D eigenvalue weighted by molar-refractivity contribution is -0.127. The third-order valence-corrected chi connectivity index (χ3v) is 5.73. The summed E-state index contributed by atoms with van der Waals surface area (Å²) in [5.74, 6) is 0.317. The number of carbonyl (C=O) groups is 1. The van der Waals surface area contributed by atoms with Crippen molar-refractivity contribution in [1.82, 2.24) is 10.2 Å². The molecule has 0 atom stereocenters. The molecule has 0 aromatic carbocycles. The predicted molar refractivity (Wildman–Crippen MR) is 85.1 cm³/mol. The molecule has 4 nitrogen and oxygen atoms in total. The van der Waals surface area contributed by atoms with Crippen LogP contribution in [0.15, 0.2) is 0 Å². The van der Waals surface area contributed by atoms with E-state index in [9.17, 15) is 9.90 Å². The molecule has 0 aromatic rings. The molecule has 0 radical (unpaired) electrons. The van der Waals surface area contributed by atoms with Crippen LogP contribution in [0.1, 0.15) is 64.7 Å². The molecule has 0 aromatic heterocycles. The summed E-state index contributed by atoms with van der Waals surface area (Å²) in [6, 6.07) is 0. The van der Waals surface area contributed by atoms with Crippen LogP contribution in [0.3, 0.4) is 0 Å². The van der Waals surface area contributed by atoms with Crippen molar-refractivity contribution in [3.8, 4) is 0 Å². The van der Waals surface area contributed by atoms with Crippen LogP contribution in [-0.2, 0) is 4.79 Å². The van der Waals surface area contributed by atoms with Crippen molar-refractivity contribution in [3.63, 3.8) is 0 Å². The average molecular weight is 296 g/mol. The third kappa shape index (κ3) is 4.19. The number of carbonyl (C=O) groups excluding carboxylic acids is 1. The highest BCUT2D eigenvalue weighted by atomic mass is 16.3. The van der Waals surface area contributed by atoms with E-state index in [1.165, 1.54) is 32.1 Å². The van der Waals surface area contributed by atoms with E-state index in [1.807, 2.05) is 0 Å². The Morgan fingerprint density at radius 1 is 1.19 bits per heavy atom. The van der Waals surface area contributed by atoms with Crippen LogP contribution in [0, 0.1) is 5.92 Å². The molecular weight excluding hydrogens is 264 g/mol. The summed E-state index contributed by atoms with van der Waals surface area (Å²) in [4.78, 5) is 14.8. The summed E-state index contributed by atoms with van der Waals surface area (Å²) in [5.41, 5.74) is 0.164. The number of rotatable bonds is 5. The second-order valence-electron chi connectivity index (χ2n) is 7.02. The van der Waals surface area contributed by atoms with Gasteiger partial charge < -0.3 is 10.4 Å². The first-order chi connectivity index (χ1) is 10.1. The van der Waals surface area contributed by atoms with E-state index in [2.05, 4.69) is 24.2 Å². The highest BCUT2D eigenvalue weighted by molar-refractivity contribution is 5.78. The molecule has 21 heavy (non-hydrogen) atoms. The van der Waals surface area contributed by atoms with E-state index < -0.39 is 0 Å². The first-order valence-corrected chi connectivity index (χ1v) is 8.74. The minimum atomic E-state index is -0.190. The molecule has 2 aliphatic carbocycles. The monoisotopic (exact) mass is 296 g/mol. The predicted octanol–water partition coefficient (Wildman–Crippen LogP) is 2.31. The Bertz CT molecular complexity index is 332. The molecule has 4 heteroatoms. The van der Waals surface area contributed by atoms with E-state index in [-0.39, 0.29) is 23.5 Å². The first kappa shape index (κ1) is 16.8. The minimum absolute atomic E-state index is 0.112. The van der Waals surface area contributed by atoms with Gasteiger partial charge >= 0.3 is 0 Å². The lowest BCUT2D eigenvalue weighted by Gasteiger charge is -2.45. The number of aliphatic hydroxyl groups excluding tert-OH is 1. The largest absolute Gasteiger partial charge is 0.393 e. The molecular formula is C17H32N2O2. The van der Waals surface area contributed by atoms with Crippen molar-refractivity contribution in [2.45, 2.75) is 76.4 Å². The van der Waals surface area contributed by atoms with Gasteiger partial charge in [-0.25, -0.2) is 0 Å². The van der Waals surface area contributed by atoms with Crippen LogP contribution >= 0.6 is 0 Å². The maximum Gasteiger partial charge on any atom is 0.223 e. The Kier molecular flexibility index (Phi) is 6.06. The van der Waals surface area contributed by atoms with Crippen LogP contribution in [0.25, 0.3) is 0 Å². The van der Waals surface area contributed by atoms with Gasteiger partial charge in [-0.1, -0.05) is 26.2 Å². The number of nitrogens with zero attached hydrogens (tertiary/aromatic N) is 1. The molecule has 0 heterocycles. The molecule has 0 aliphatic heterocycles. The van der Waals surface area contributed by atoms with Crippen LogP contribution in [0.5, 0.6) is 0 Å². The van der Waals surface area contributed by atoms with Crippen molar-refractivity contribution in [2.75, 3.05) is 20.1 Å². The smallest absolute Gasteiger partial charge is 0.223 e. The van der Waals surface area contributed by atoms with Gasteiger partial charge in [-0.05, 0) is 52.1 Å². The van der Waals surface area contributed by atoms with E-state index in [1.54, 1.807) is 0 Å². The standard InChI is InChI=1S/C17H32N2O2/c1-3-19(2)17(11-5-4-6-12-17)13-18-16(21)14-7-9-15(20)10-8-14/h14-15,20H,3-13H2,1-2H3,(H,18,21). The van der Waals surface area contributed by atoms with Crippen LogP contribution in [0.2, 0.25) is 0 Å². The second-order valence-corrected chi connectivity index (χ2v) is 7.02. The highest BCUT2D eigenvalue weighted by Gasteiger charge is 2.36. The zero-order chi connectivity index (χ0) is 15.3. The Morgan fingerprint density at radius 3 is 2.38 bits per heavy atom. The minimum Gasteiger partial charge on any atom is -0.393 e. The van der Waals surface area contributed by atoms with Gasteiger partial charge in [-0.3, -0.25) is 9.69 Å². The maximum atomic E-state index is 12.4.